The quantitative estimate of drug-likeness (QED) is 0.440. The molecular weight excluding hydrogens is 106 g/mol. The van der Waals surface area contributed by atoms with Crippen molar-refractivity contribution in [2.45, 2.75) is 6.42 Å². The van der Waals surface area contributed by atoms with Gasteiger partial charge in [0.05, 0.1) is 0 Å². The van der Waals surface area contributed by atoms with Gasteiger partial charge in [-0.05, 0) is 6.42 Å². The van der Waals surface area contributed by atoms with Crippen molar-refractivity contribution in [3.8, 4) is 0 Å². The van der Waals surface area contributed by atoms with Crippen molar-refractivity contribution in [3.05, 3.63) is 12.3 Å². The van der Waals surface area contributed by atoms with E-state index in [1.54, 1.807) is 0 Å². The van der Waals surface area contributed by atoms with Gasteiger partial charge in [0, 0.05) is 18.5 Å². The molecule has 2 heteroatoms. The van der Waals surface area contributed by atoms with Crippen LogP contribution in [-0.2, 0) is 0 Å². The van der Waals surface area contributed by atoms with Crippen LogP contribution in [0.1, 0.15) is 6.42 Å². The Labute approximate surface area is 48.5 Å². The molecule has 0 N–H and O–H groups in total. The first-order chi connectivity index (χ1) is 3.30. The summed E-state index contributed by atoms with van der Waals surface area (Å²) in [6.07, 6.45) is 1.17. The number of allylic oxidation sites excluding steroid dienone is 1. The topological polar surface area (TPSA) is 3.24 Å². The fourth-order valence-corrected chi connectivity index (χ4v) is 1.42. The molecule has 0 bridgehead atoms. The van der Waals surface area contributed by atoms with Crippen LogP contribution in [0.15, 0.2) is 12.3 Å². The maximum absolute atomic E-state index is 3.84. The first kappa shape index (κ1) is 5.04. The zero-order valence-corrected chi connectivity index (χ0v) is 5.29. The normalized spacial score (nSPS) is 21.3. The van der Waals surface area contributed by atoms with E-state index in [1.165, 1.54) is 17.9 Å². The van der Waals surface area contributed by atoms with Gasteiger partial charge in [0.25, 0.3) is 0 Å². The summed E-state index contributed by atoms with van der Waals surface area (Å²) in [6.45, 7) is 3.84. The molecule has 1 aliphatic rings. The summed E-state index contributed by atoms with van der Waals surface area (Å²) < 4.78 is 2.12. The van der Waals surface area contributed by atoms with Gasteiger partial charge in [-0.2, -0.15) is 0 Å². The molecule has 1 aliphatic heterocycles. The van der Waals surface area contributed by atoms with E-state index in [-0.39, 0.29) is 0 Å². The third kappa shape index (κ3) is 0.911. The van der Waals surface area contributed by atoms with Gasteiger partial charge >= 0.3 is 0 Å². The van der Waals surface area contributed by atoms with Gasteiger partial charge in [0.2, 0.25) is 0 Å². The lowest BCUT2D eigenvalue weighted by atomic mass is 10.4. The van der Waals surface area contributed by atoms with E-state index in [4.69, 9.17) is 0 Å². The Morgan fingerprint density at radius 1 is 1.86 bits per heavy atom. The van der Waals surface area contributed by atoms with E-state index in [2.05, 4.69) is 17.9 Å². The maximum atomic E-state index is 3.84. The van der Waals surface area contributed by atoms with E-state index in [1.807, 2.05) is 11.9 Å². The maximum Gasteiger partial charge on any atom is 0.0189 e. The van der Waals surface area contributed by atoms with Crippen LogP contribution >= 0.6 is 11.9 Å². The van der Waals surface area contributed by atoms with Crippen LogP contribution in [0.4, 0.5) is 0 Å². The van der Waals surface area contributed by atoms with Gasteiger partial charge in [-0.3, -0.25) is 0 Å². The molecule has 0 atom stereocenters. The summed E-state index contributed by atoms with van der Waals surface area (Å²) in [6, 6.07) is 0. The van der Waals surface area contributed by atoms with Crippen molar-refractivity contribution in [1.29, 1.82) is 0 Å². The molecule has 40 valence electrons. The summed E-state index contributed by atoms with van der Waals surface area (Å²) >= 11 is 1.84. The smallest absolute Gasteiger partial charge is 0.0189 e. The van der Waals surface area contributed by atoms with E-state index < -0.39 is 0 Å². The van der Waals surface area contributed by atoms with E-state index in [9.17, 15) is 0 Å². The molecule has 0 unspecified atom stereocenters. The highest BCUT2D eigenvalue weighted by Gasteiger charge is 2.09. The molecule has 0 spiro atoms. The second kappa shape index (κ2) is 1.78. The van der Waals surface area contributed by atoms with Gasteiger partial charge in [0.15, 0.2) is 0 Å². The average molecular weight is 115 g/mol. The molecule has 1 fully saturated rings. The number of rotatable bonds is 0. The predicted octanol–water partition coefficient (Wildman–Crippen LogP) is 1.48. The van der Waals surface area contributed by atoms with E-state index in [0.29, 0.717) is 0 Å². The minimum Gasteiger partial charge on any atom is -0.324 e. The van der Waals surface area contributed by atoms with Crippen molar-refractivity contribution in [2.24, 2.45) is 0 Å². The minimum atomic E-state index is 1.17. The van der Waals surface area contributed by atoms with Crippen LogP contribution in [0, 0.1) is 0 Å². The molecular formula is C5H9NS. The molecule has 0 amide bonds. The van der Waals surface area contributed by atoms with Crippen LogP contribution in [0.3, 0.4) is 0 Å². The molecule has 0 aromatic carbocycles. The summed E-state index contributed by atoms with van der Waals surface area (Å²) in [5, 5.41) is 0. The minimum absolute atomic E-state index is 1.17. The van der Waals surface area contributed by atoms with Crippen LogP contribution in [0.5, 0.6) is 0 Å². The number of hydrogen-bond donors (Lipinski definition) is 0. The Kier molecular flexibility index (Phi) is 1.28. The van der Waals surface area contributed by atoms with Crippen LogP contribution in [0.25, 0.3) is 0 Å². The lowest BCUT2D eigenvalue weighted by molar-refractivity contribution is 0.709. The molecule has 0 saturated carbocycles. The standard InChI is InChI=1S/C5H9NS/c1-5-3-4-7-6(5)2/h1,3-4H2,2H3. The molecule has 0 aromatic rings. The van der Waals surface area contributed by atoms with E-state index >= 15 is 0 Å². The monoisotopic (exact) mass is 115 g/mol. The first-order valence-corrected chi connectivity index (χ1v) is 3.29. The Hall–Kier alpha value is -0.110. The summed E-state index contributed by atoms with van der Waals surface area (Å²) in [5.41, 5.74) is 1.25. The van der Waals surface area contributed by atoms with Crippen molar-refractivity contribution < 1.29 is 0 Å². The lowest BCUT2D eigenvalue weighted by Gasteiger charge is -2.06. The zero-order valence-electron chi connectivity index (χ0n) is 4.48. The second-order valence-electron chi connectivity index (χ2n) is 1.65. The lowest BCUT2D eigenvalue weighted by Crippen LogP contribution is -1.97. The highest BCUT2D eigenvalue weighted by Crippen LogP contribution is 2.25. The average Bonchev–Trinajstić information content (AvgIpc) is 1.91. The molecule has 1 heterocycles. The molecule has 0 aliphatic carbocycles. The van der Waals surface area contributed by atoms with E-state index in [0.717, 1.165) is 0 Å². The van der Waals surface area contributed by atoms with Crippen molar-refractivity contribution in [1.82, 2.24) is 4.31 Å². The van der Waals surface area contributed by atoms with Gasteiger partial charge in [-0.1, -0.05) is 18.5 Å². The van der Waals surface area contributed by atoms with Gasteiger partial charge in [-0.25, -0.2) is 0 Å². The summed E-state index contributed by atoms with van der Waals surface area (Å²) in [4.78, 5) is 0. The second-order valence-corrected chi connectivity index (χ2v) is 2.86. The Balaban J connectivity index is 2.48. The molecule has 1 rings (SSSR count). The fourth-order valence-electron chi connectivity index (χ4n) is 0.549. The summed E-state index contributed by atoms with van der Waals surface area (Å²) in [5.74, 6) is 1.22. The number of hydrogen-bond acceptors (Lipinski definition) is 2. The van der Waals surface area contributed by atoms with Crippen LogP contribution < -0.4 is 0 Å². The first-order valence-electron chi connectivity index (χ1n) is 2.35. The third-order valence-electron chi connectivity index (χ3n) is 1.12. The van der Waals surface area contributed by atoms with Crippen molar-refractivity contribution in [2.75, 3.05) is 12.8 Å². The highest BCUT2D eigenvalue weighted by atomic mass is 32.2. The Morgan fingerprint density at radius 2 is 2.57 bits per heavy atom. The molecule has 7 heavy (non-hydrogen) atoms. The van der Waals surface area contributed by atoms with Gasteiger partial charge in [0.1, 0.15) is 0 Å². The van der Waals surface area contributed by atoms with Crippen LogP contribution in [-0.4, -0.2) is 17.1 Å². The van der Waals surface area contributed by atoms with Gasteiger partial charge < -0.3 is 4.31 Å². The molecule has 0 aromatic heterocycles. The molecule has 0 radical (unpaired) electrons. The Morgan fingerprint density at radius 3 is 2.71 bits per heavy atom. The van der Waals surface area contributed by atoms with Crippen molar-refractivity contribution in [3.63, 3.8) is 0 Å². The van der Waals surface area contributed by atoms with Crippen LogP contribution in [0.2, 0.25) is 0 Å². The molecule has 1 nitrogen and oxygen atoms in total. The number of nitrogens with zero attached hydrogens (tertiary/aromatic N) is 1. The predicted molar refractivity (Wildman–Crippen MR) is 34.0 cm³/mol. The van der Waals surface area contributed by atoms with Gasteiger partial charge in [-0.15, -0.1) is 0 Å². The summed E-state index contributed by atoms with van der Waals surface area (Å²) in [7, 11) is 2.06. The third-order valence-corrected chi connectivity index (χ3v) is 2.15. The highest BCUT2D eigenvalue weighted by molar-refractivity contribution is 7.97. The molecule has 1 saturated heterocycles. The Bertz CT molecular complexity index is 90.1. The SMILES string of the molecule is C=C1CCSN1C. The zero-order chi connectivity index (χ0) is 5.28. The fraction of sp³-hybridized carbons (Fsp3) is 0.600. The van der Waals surface area contributed by atoms with Crippen molar-refractivity contribution >= 4 is 11.9 Å². The largest absolute Gasteiger partial charge is 0.324 e.